The van der Waals surface area contributed by atoms with Crippen molar-refractivity contribution >= 4 is 35.1 Å². The van der Waals surface area contributed by atoms with E-state index in [0.29, 0.717) is 17.8 Å². The molecule has 0 heterocycles. The van der Waals surface area contributed by atoms with Crippen molar-refractivity contribution in [3.8, 4) is 0 Å². The zero-order valence-electron chi connectivity index (χ0n) is 17.8. The second-order valence-corrected chi connectivity index (χ2v) is 10.9. The van der Waals surface area contributed by atoms with Crippen LogP contribution in [0.15, 0.2) is 24.3 Å². The number of ether oxygens (including phenoxy) is 1. The molecule has 4 aliphatic rings. The normalized spacial score (nSPS) is 30.0. The van der Waals surface area contributed by atoms with Crippen molar-refractivity contribution < 1.29 is 19.1 Å². The molecule has 1 N–H and O–H groups in total. The molecule has 4 bridgehead atoms. The minimum atomic E-state index is -0.488. The van der Waals surface area contributed by atoms with Gasteiger partial charge in [0, 0.05) is 11.1 Å². The van der Waals surface area contributed by atoms with Crippen molar-refractivity contribution in [2.75, 3.05) is 17.7 Å². The summed E-state index contributed by atoms with van der Waals surface area (Å²) in [6.07, 6.45) is 6.80. The molecular weight excluding hydrogens is 398 g/mol. The lowest BCUT2D eigenvalue weighted by molar-refractivity contribution is -0.157. The number of benzene rings is 1. The number of anilines is 1. The fourth-order valence-corrected chi connectivity index (χ4v) is 6.64. The maximum absolute atomic E-state index is 13.0. The molecule has 1 aromatic rings. The van der Waals surface area contributed by atoms with Gasteiger partial charge in [-0.05, 0) is 82.3 Å². The molecule has 0 aromatic heterocycles. The molecule has 0 radical (unpaired) electrons. The Labute approximate surface area is 182 Å². The fraction of sp³-hybridized carbons (Fsp3) is 0.625. The molecule has 4 fully saturated rings. The van der Waals surface area contributed by atoms with Crippen LogP contribution in [0.4, 0.5) is 5.69 Å². The Hall–Kier alpha value is -1.82. The van der Waals surface area contributed by atoms with Crippen molar-refractivity contribution in [2.45, 2.75) is 57.6 Å². The van der Waals surface area contributed by atoms with E-state index in [1.54, 1.807) is 6.92 Å². The first kappa shape index (κ1) is 21.4. The highest BCUT2D eigenvalue weighted by Crippen LogP contribution is 2.60. The molecule has 162 valence electrons. The van der Waals surface area contributed by atoms with Gasteiger partial charge in [0.15, 0.2) is 12.4 Å². The first-order valence-corrected chi connectivity index (χ1v) is 12.1. The lowest BCUT2D eigenvalue weighted by Gasteiger charge is -2.55. The third-order valence-corrected chi connectivity index (χ3v) is 8.23. The van der Waals surface area contributed by atoms with Gasteiger partial charge in [-0.2, -0.15) is 0 Å². The van der Waals surface area contributed by atoms with Crippen molar-refractivity contribution in [3.63, 3.8) is 0 Å². The summed E-state index contributed by atoms with van der Waals surface area (Å²) >= 11 is 1.23. The molecule has 5 rings (SSSR count). The number of amides is 1. The quantitative estimate of drug-likeness (QED) is 0.621. The summed E-state index contributed by atoms with van der Waals surface area (Å²) in [5, 5.41) is 2.33. The molecule has 1 atom stereocenters. The van der Waals surface area contributed by atoms with E-state index < -0.39 is 11.2 Å². The Kier molecular flexibility index (Phi) is 6.24. The summed E-state index contributed by atoms with van der Waals surface area (Å²) in [4.78, 5) is 37.4. The average molecular weight is 430 g/mol. The van der Waals surface area contributed by atoms with Gasteiger partial charge in [0.2, 0.25) is 5.91 Å². The molecule has 0 spiro atoms. The topological polar surface area (TPSA) is 72.5 Å². The van der Waals surface area contributed by atoms with E-state index in [9.17, 15) is 14.4 Å². The second-order valence-electron chi connectivity index (χ2n) is 9.60. The third-order valence-electron chi connectivity index (χ3n) is 7.11. The van der Waals surface area contributed by atoms with Gasteiger partial charge in [0.05, 0.1) is 5.75 Å². The number of Topliss-reactive ketones (excluding diaryl/α,β-unsaturated/α-hetero) is 1. The number of aryl methyl sites for hydroxylation is 1. The van der Waals surface area contributed by atoms with E-state index in [2.05, 4.69) is 5.32 Å². The number of thioether (sulfide) groups is 1. The van der Waals surface area contributed by atoms with Crippen molar-refractivity contribution in [2.24, 2.45) is 23.2 Å². The highest BCUT2D eigenvalue weighted by atomic mass is 32.2. The minimum absolute atomic E-state index is 0.115. The Morgan fingerprint density at radius 1 is 1.07 bits per heavy atom. The molecule has 1 aromatic carbocycles. The molecular formula is C24H31NO4S. The van der Waals surface area contributed by atoms with Gasteiger partial charge in [-0.25, -0.2) is 0 Å². The van der Waals surface area contributed by atoms with Crippen LogP contribution in [0.2, 0.25) is 0 Å². The lowest BCUT2D eigenvalue weighted by Crippen LogP contribution is -2.51. The summed E-state index contributed by atoms with van der Waals surface area (Å²) in [6.45, 7) is 3.59. The van der Waals surface area contributed by atoms with E-state index in [1.807, 2.05) is 31.2 Å². The molecule has 4 saturated carbocycles. The van der Waals surface area contributed by atoms with E-state index in [0.717, 1.165) is 30.5 Å². The number of carbonyl (C=O) groups excluding carboxylic acids is 3. The number of ketones is 1. The molecule has 0 saturated heterocycles. The first-order valence-electron chi connectivity index (χ1n) is 11.0. The fourth-order valence-electron chi connectivity index (χ4n) is 5.96. The number of hydrogen-bond acceptors (Lipinski definition) is 5. The van der Waals surface area contributed by atoms with Crippen LogP contribution in [0, 0.1) is 30.1 Å². The molecule has 5 nitrogen and oxygen atoms in total. The van der Waals surface area contributed by atoms with Crippen LogP contribution < -0.4 is 5.32 Å². The molecule has 30 heavy (non-hydrogen) atoms. The van der Waals surface area contributed by atoms with Gasteiger partial charge in [-0.1, -0.05) is 17.7 Å². The third kappa shape index (κ3) is 4.74. The van der Waals surface area contributed by atoms with E-state index in [1.165, 1.54) is 31.0 Å². The number of nitrogens with one attached hydrogen (secondary N) is 1. The van der Waals surface area contributed by atoms with Crippen LogP contribution in [0.1, 0.15) is 51.0 Å². The van der Waals surface area contributed by atoms with Crippen LogP contribution in [-0.2, 0) is 19.1 Å². The Balaban J connectivity index is 1.20. The van der Waals surface area contributed by atoms with Crippen LogP contribution >= 0.6 is 11.8 Å². The molecule has 0 unspecified atom stereocenters. The van der Waals surface area contributed by atoms with Gasteiger partial charge < -0.3 is 10.1 Å². The van der Waals surface area contributed by atoms with Crippen LogP contribution in [-0.4, -0.2) is 35.3 Å². The summed E-state index contributed by atoms with van der Waals surface area (Å²) in [5.41, 5.74) is 1.63. The molecule has 1 amide bonds. The maximum Gasteiger partial charge on any atom is 0.319 e. The van der Waals surface area contributed by atoms with Crippen molar-refractivity contribution in [3.05, 3.63) is 29.8 Å². The highest BCUT2D eigenvalue weighted by molar-refractivity contribution is 8.01. The lowest BCUT2D eigenvalue weighted by atomic mass is 9.48. The number of carbonyl (C=O) groups is 3. The Morgan fingerprint density at radius 2 is 1.63 bits per heavy atom. The van der Waals surface area contributed by atoms with Crippen LogP contribution in [0.5, 0.6) is 0 Å². The van der Waals surface area contributed by atoms with E-state index in [4.69, 9.17) is 4.74 Å². The highest BCUT2D eigenvalue weighted by Gasteiger charge is 2.54. The summed E-state index contributed by atoms with van der Waals surface area (Å²) in [6, 6.07) is 7.57. The van der Waals surface area contributed by atoms with E-state index in [-0.39, 0.29) is 29.5 Å². The zero-order chi connectivity index (χ0) is 21.3. The van der Waals surface area contributed by atoms with Gasteiger partial charge >= 0.3 is 5.97 Å². The predicted molar refractivity (Wildman–Crippen MR) is 118 cm³/mol. The predicted octanol–water partition coefficient (Wildman–Crippen LogP) is 4.38. The average Bonchev–Trinajstić information content (AvgIpc) is 2.70. The Bertz CT molecular complexity index is 784. The standard InChI is InChI=1S/C24H31NO4S/c1-15-3-5-20(6-4-15)25-22(27)14-30-16(2)23(28)29-13-21(26)24-10-17-7-18(11-24)9-19(8-17)12-24/h3-6,16-19H,7-14H2,1-2H3,(H,25,27)/t16-,17?,18?,19?,24?/m1/s1. The molecule has 6 heteroatoms. The maximum atomic E-state index is 13.0. The smallest absolute Gasteiger partial charge is 0.319 e. The molecule has 4 aliphatic carbocycles. The number of rotatable bonds is 8. The van der Waals surface area contributed by atoms with Gasteiger partial charge in [-0.3, -0.25) is 14.4 Å². The minimum Gasteiger partial charge on any atom is -0.457 e. The Morgan fingerprint density at radius 3 is 2.20 bits per heavy atom. The van der Waals surface area contributed by atoms with Crippen LogP contribution in [0.25, 0.3) is 0 Å². The SMILES string of the molecule is Cc1ccc(NC(=O)CS[C@H](C)C(=O)OCC(=O)C23CC4CC(CC(C4)C2)C3)cc1. The number of esters is 1. The van der Waals surface area contributed by atoms with Gasteiger partial charge in [0.1, 0.15) is 5.25 Å². The van der Waals surface area contributed by atoms with Crippen molar-refractivity contribution in [1.82, 2.24) is 0 Å². The van der Waals surface area contributed by atoms with Gasteiger partial charge in [-0.15, -0.1) is 11.8 Å². The second kappa shape index (κ2) is 8.74. The summed E-state index contributed by atoms with van der Waals surface area (Å²) in [7, 11) is 0. The monoisotopic (exact) mass is 429 g/mol. The number of hydrogen-bond donors (Lipinski definition) is 1. The largest absolute Gasteiger partial charge is 0.457 e. The first-order chi connectivity index (χ1) is 14.3. The molecule has 0 aliphatic heterocycles. The summed E-state index contributed by atoms with van der Waals surface area (Å²) in [5.74, 6) is 1.78. The zero-order valence-corrected chi connectivity index (χ0v) is 18.6. The van der Waals surface area contributed by atoms with E-state index >= 15 is 0 Å². The summed E-state index contributed by atoms with van der Waals surface area (Å²) < 4.78 is 5.38. The van der Waals surface area contributed by atoms with Gasteiger partial charge in [0.25, 0.3) is 0 Å². The van der Waals surface area contributed by atoms with Crippen molar-refractivity contribution in [1.29, 1.82) is 0 Å². The van der Waals surface area contributed by atoms with Crippen LogP contribution in [0.3, 0.4) is 0 Å².